The van der Waals surface area contributed by atoms with E-state index >= 15 is 0 Å². The molecule has 3 aromatic rings. The number of hydrogen-bond acceptors (Lipinski definition) is 4. The van der Waals surface area contributed by atoms with Crippen LogP contribution in [0.1, 0.15) is 16.8 Å². The number of nitrogens with zero attached hydrogens (tertiary/aromatic N) is 2. The van der Waals surface area contributed by atoms with Crippen LogP contribution in [0, 0.1) is 11.6 Å². The zero-order chi connectivity index (χ0) is 21.3. The molecule has 3 rings (SSSR count). The maximum Gasteiger partial charge on any atom is 0.254 e. The third-order valence-electron chi connectivity index (χ3n) is 4.00. The summed E-state index contributed by atoms with van der Waals surface area (Å²) in [6.07, 6.45) is -0.00990. The summed E-state index contributed by atoms with van der Waals surface area (Å²) in [6.45, 7) is 0.00482. The molecule has 0 unspecified atom stereocenters. The number of halogens is 2. The van der Waals surface area contributed by atoms with Crippen LogP contribution < -0.4 is 10.6 Å². The second-order valence-electron chi connectivity index (χ2n) is 6.26. The summed E-state index contributed by atoms with van der Waals surface area (Å²) in [6, 6.07) is 18.8. The number of azo groups is 1. The minimum Gasteiger partial charge on any atom is -0.351 e. The van der Waals surface area contributed by atoms with E-state index in [1.54, 1.807) is 24.3 Å². The fourth-order valence-corrected chi connectivity index (χ4v) is 2.50. The standard InChI is InChI=1S/C22H18F2N4O2/c23-15-6-11-19(20(24)14-15)22(30)25-13-12-21(29)26-16-7-9-18(10-8-16)28-27-17-4-2-1-3-5-17/h1-11,14H,12-13H2,(H,25,30)(H,26,29). The molecule has 0 aliphatic heterocycles. The van der Waals surface area contributed by atoms with Gasteiger partial charge in [-0.3, -0.25) is 9.59 Å². The molecular formula is C22H18F2N4O2. The lowest BCUT2D eigenvalue weighted by Gasteiger charge is -2.07. The molecule has 2 amide bonds. The highest BCUT2D eigenvalue weighted by molar-refractivity contribution is 5.95. The van der Waals surface area contributed by atoms with E-state index in [-0.39, 0.29) is 24.4 Å². The van der Waals surface area contributed by atoms with Crippen LogP contribution >= 0.6 is 0 Å². The first-order valence-corrected chi connectivity index (χ1v) is 9.11. The maximum atomic E-state index is 13.6. The van der Waals surface area contributed by atoms with Crippen molar-refractivity contribution in [3.8, 4) is 0 Å². The Hall–Kier alpha value is -3.94. The largest absolute Gasteiger partial charge is 0.351 e. The van der Waals surface area contributed by atoms with Gasteiger partial charge in [0, 0.05) is 24.7 Å². The molecule has 0 atom stereocenters. The summed E-state index contributed by atoms with van der Waals surface area (Å²) in [4.78, 5) is 23.9. The number of nitrogens with one attached hydrogen (secondary N) is 2. The summed E-state index contributed by atoms with van der Waals surface area (Å²) >= 11 is 0. The fourth-order valence-electron chi connectivity index (χ4n) is 2.50. The average Bonchev–Trinajstić information content (AvgIpc) is 2.74. The molecule has 0 aromatic heterocycles. The highest BCUT2D eigenvalue weighted by atomic mass is 19.1. The number of benzene rings is 3. The van der Waals surface area contributed by atoms with Crippen LogP contribution in [0.15, 0.2) is 83.0 Å². The van der Waals surface area contributed by atoms with Crippen LogP contribution in [0.3, 0.4) is 0 Å². The van der Waals surface area contributed by atoms with Crippen molar-refractivity contribution in [2.75, 3.05) is 11.9 Å². The zero-order valence-electron chi connectivity index (χ0n) is 15.8. The van der Waals surface area contributed by atoms with Crippen LogP contribution in [0.25, 0.3) is 0 Å². The highest BCUT2D eigenvalue weighted by Crippen LogP contribution is 2.20. The Kier molecular flexibility index (Phi) is 6.94. The van der Waals surface area contributed by atoms with Gasteiger partial charge in [-0.05, 0) is 48.5 Å². The predicted molar refractivity (Wildman–Crippen MR) is 109 cm³/mol. The van der Waals surface area contributed by atoms with Gasteiger partial charge in [0.2, 0.25) is 5.91 Å². The number of hydrogen-bond donors (Lipinski definition) is 2. The molecule has 8 heteroatoms. The van der Waals surface area contributed by atoms with Crippen LogP contribution in [0.5, 0.6) is 0 Å². The van der Waals surface area contributed by atoms with E-state index in [2.05, 4.69) is 20.9 Å². The highest BCUT2D eigenvalue weighted by Gasteiger charge is 2.12. The molecule has 0 aliphatic rings. The molecule has 30 heavy (non-hydrogen) atoms. The Bertz CT molecular complexity index is 1050. The van der Waals surface area contributed by atoms with Crippen molar-refractivity contribution in [1.82, 2.24) is 5.32 Å². The molecule has 2 N–H and O–H groups in total. The molecule has 0 aliphatic carbocycles. The maximum absolute atomic E-state index is 13.6. The monoisotopic (exact) mass is 408 g/mol. The quantitative estimate of drug-likeness (QED) is 0.531. The molecule has 152 valence electrons. The predicted octanol–water partition coefficient (Wildman–Crippen LogP) is 5.14. The molecular weight excluding hydrogens is 390 g/mol. The van der Waals surface area contributed by atoms with Gasteiger partial charge in [-0.2, -0.15) is 10.2 Å². The Balaban J connectivity index is 1.45. The fraction of sp³-hybridized carbons (Fsp3) is 0.0909. The van der Waals surface area contributed by atoms with E-state index in [4.69, 9.17) is 0 Å². The van der Waals surface area contributed by atoms with Gasteiger partial charge >= 0.3 is 0 Å². The number of carbonyl (C=O) groups is 2. The van der Waals surface area contributed by atoms with Gasteiger partial charge in [0.15, 0.2) is 0 Å². The van der Waals surface area contributed by atoms with E-state index in [1.165, 1.54) is 0 Å². The topological polar surface area (TPSA) is 82.9 Å². The van der Waals surface area contributed by atoms with Crippen LogP contribution in [-0.2, 0) is 4.79 Å². The van der Waals surface area contributed by atoms with E-state index in [1.807, 2.05) is 30.3 Å². The number of anilines is 1. The molecule has 0 saturated carbocycles. The lowest BCUT2D eigenvalue weighted by Crippen LogP contribution is -2.28. The molecule has 0 fully saturated rings. The zero-order valence-corrected chi connectivity index (χ0v) is 15.8. The summed E-state index contributed by atoms with van der Waals surface area (Å²) in [7, 11) is 0. The number of rotatable bonds is 7. The lowest BCUT2D eigenvalue weighted by atomic mass is 10.2. The van der Waals surface area contributed by atoms with Crippen molar-refractivity contribution in [3.63, 3.8) is 0 Å². The van der Waals surface area contributed by atoms with Crippen molar-refractivity contribution in [3.05, 3.63) is 90.0 Å². The van der Waals surface area contributed by atoms with Gasteiger partial charge in [0.1, 0.15) is 11.6 Å². The summed E-state index contributed by atoms with van der Waals surface area (Å²) in [5, 5.41) is 13.3. The van der Waals surface area contributed by atoms with Crippen LogP contribution in [0.4, 0.5) is 25.8 Å². The average molecular weight is 408 g/mol. The Labute approximate surface area is 171 Å². The minimum atomic E-state index is -0.957. The van der Waals surface area contributed by atoms with E-state index in [0.717, 1.165) is 17.8 Å². The van der Waals surface area contributed by atoms with Gasteiger partial charge < -0.3 is 10.6 Å². The molecule has 3 aromatic carbocycles. The third kappa shape index (κ3) is 6.03. The van der Waals surface area contributed by atoms with Crippen LogP contribution in [-0.4, -0.2) is 18.4 Å². The Morgan fingerprint density at radius 2 is 1.50 bits per heavy atom. The molecule has 0 spiro atoms. The molecule has 0 radical (unpaired) electrons. The molecule has 0 bridgehead atoms. The van der Waals surface area contributed by atoms with Gasteiger partial charge in [-0.15, -0.1) is 0 Å². The molecule has 6 nitrogen and oxygen atoms in total. The van der Waals surface area contributed by atoms with Crippen molar-refractivity contribution in [1.29, 1.82) is 0 Å². The van der Waals surface area contributed by atoms with E-state index < -0.39 is 17.5 Å². The summed E-state index contributed by atoms with van der Waals surface area (Å²) in [5.41, 5.74) is 1.65. The van der Waals surface area contributed by atoms with Crippen molar-refractivity contribution in [2.24, 2.45) is 10.2 Å². The molecule has 0 saturated heterocycles. The van der Waals surface area contributed by atoms with Gasteiger partial charge in [0.05, 0.1) is 16.9 Å². The van der Waals surface area contributed by atoms with Gasteiger partial charge in [-0.1, -0.05) is 18.2 Å². The summed E-state index contributed by atoms with van der Waals surface area (Å²) < 4.78 is 26.4. The smallest absolute Gasteiger partial charge is 0.254 e. The Morgan fingerprint density at radius 3 is 2.17 bits per heavy atom. The SMILES string of the molecule is O=C(CCNC(=O)c1ccc(F)cc1F)Nc1ccc(N=Nc2ccccc2)cc1. The van der Waals surface area contributed by atoms with Crippen molar-refractivity contribution >= 4 is 28.9 Å². The Morgan fingerprint density at radius 1 is 0.833 bits per heavy atom. The van der Waals surface area contributed by atoms with E-state index in [0.29, 0.717) is 17.4 Å². The van der Waals surface area contributed by atoms with Crippen LogP contribution in [0.2, 0.25) is 0 Å². The first kappa shape index (κ1) is 20.8. The molecule has 0 heterocycles. The van der Waals surface area contributed by atoms with Gasteiger partial charge in [-0.25, -0.2) is 8.78 Å². The van der Waals surface area contributed by atoms with E-state index in [9.17, 15) is 18.4 Å². The first-order chi connectivity index (χ1) is 14.5. The second-order valence-corrected chi connectivity index (χ2v) is 6.26. The lowest BCUT2D eigenvalue weighted by molar-refractivity contribution is -0.116. The summed E-state index contributed by atoms with van der Waals surface area (Å²) in [5.74, 6) is -2.76. The van der Waals surface area contributed by atoms with Crippen molar-refractivity contribution < 1.29 is 18.4 Å². The normalized spacial score (nSPS) is 10.7. The number of amides is 2. The second kappa shape index (κ2) is 10.0. The van der Waals surface area contributed by atoms with Crippen molar-refractivity contribution in [2.45, 2.75) is 6.42 Å². The minimum absolute atomic E-state index is 0.00482. The third-order valence-corrected chi connectivity index (χ3v) is 4.00. The first-order valence-electron chi connectivity index (χ1n) is 9.11. The number of carbonyl (C=O) groups excluding carboxylic acids is 2. The van der Waals surface area contributed by atoms with Gasteiger partial charge in [0.25, 0.3) is 5.91 Å².